The fraction of sp³-hybridized carbons (Fsp3) is 0. The Hall–Kier alpha value is -2.28. The van der Waals surface area contributed by atoms with Crippen LogP contribution in [-0.2, 0) is 0 Å². The van der Waals surface area contributed by atoms with Gasteiger partial charge in [-0.2, -0.15) is 5.26 Å². The standard InChI is InChI=1S/C10H6N2O2/c11-4-6-5-12-9-2-1-7(13)3-8(9)10(6)14/h1-3,5,13H,(H,12,14). The number of phenolic OH excluding ortho intramolecular Hbond substituents is 1. The summed E-state index contributed by atoms with van der Waals surface area (Å²) < 4.78 is 0. The number of hydrogen-bond acceptors (Lipinski definition) is 3. The Balaban J connectivity index is 2.96. The molecule has 0 aliphatic carbocycles. The van der Waals surface area contributed by atoms with Gasteiger partial charge in [-0.15, -0.1) is 0 Å². The lowest BCUT2D eigenvalue weighted by Crippen LogP contribution is -2.06. The number of aromatic nitrogens is 1. The van der Waals surface area contributed by atoms with Crippen LogP contribution in [0.3, 0.4) is 0 Å². The van der Waals surface area contributed by atoms with Gasteiger partial charge in [0.15, 0.2) is 0 Å². The van der Waals surface area contributed by atoms with Crippen LogP contribution in [0.25, 0.3) is 10.9 Å². The van der Waals surface area contributed by atoms with Crippen molar-refractivity contribution >= 4 is 10.9 Å². The average Bonchev–Trinajstić information content (AvgIpc) is 2.20. The topological polar surface area (TPSA) is 76.9 Å². The van der Waals surface area contributed by atoms with Gasteiger partial charge in [0.25, 0.3) is 0 Å². The molecule has 0 atom stereocenters. The van der Waals surface area contributed by atoms with E-state index in [0.717, 1.165) is 0 Å². The molecule has 0 saturated carbocycles. The number of hydrogen-bond donors (Lipinski definition) is 2. The van der Waals surface area contributed by atoms with E-state index >= 15 is 0 Å². The molecule has 4 nitrogen and oxygen atoms in total. The number of aromatic hydroxyl groups is 1. The third kappa shape index (κ3) is 1.12. The number of aromatic amines is 1. The molecule has 0 amide bonds. The van der Waals surface area contributed by atoms with Crippen molar-refractivity contribution in [3.63, 3.8) is 0 Å². The average molecular weight is 186 g/mol. The molecule has 1 aromatic carbocycles. The fourth-order valence-corrected chi connectivity index (χ4v) is 1.29. The van der Waals surface area contributed by atoms with E-state index in [1.807, 2.05) is 0 Å². The van der Waals surface area contributed by atoms with Crippen molar-refractivity contribution in [3.05, 3.63) is 40.2 Å². The van der Waals surface area contributed by atoms with E-state index in [9.17, 15) is 9.90 Å². The second-order valence-corrected chi connectivity index (χ2v) is 2.87. The van der Waals surface area contributed by atoms with Gasteiger partial charge in [0, 0.05) is 11.7 Å². The van der Waals surface area contributed by atoms with Crippen molar-refractivity contribution in [1.29, 1.82) is 5.26 Å². The van der Waals surface area contributed by atoms with Crippen molar-refractivity contribution in [2.75, 3.05) is 0 Å². The van der Waals surface area contributed by atoms with Crippen LogP contribution in [0.15, 0.2) is 29.2 Å². The molecule has 0 unspecified atom stereocenters. The molecule has 1 heterocycles. The summed E-state index contributed by atoms with van der Waals surface area (Å²) in [7, 11) is 0. The van der Waals surface area contributed by atoms with Gasteiger partial charge in [-0.3, -0.25) is 4.79 Å². The summed E-state index contributed by atoms with van der Waals surface area (Å²) in [6, 6.07) is 6.19. The van der Waals surface area contributed by atoms with Crippen LogP contribution in [0.2, 0.25) is 0 Å². The second-order valence-electron chi connectivity index (χ2n) is 2.87. The van der Waals surface area contributed by atoms with E-state index in [2.05, 4.69) is 4.98 Å². The maximum atomic E-state index is 11.6. The largest absolute Gasteiger partial charge is 0.508 e. The molecule has 0 spiro atoms. The molecule has 1 aromatic heterocycles. The van der Waals surface area contributed by atoms with E-state index < -0.39 is 0 Å². The normalized spacial score (nSPS) is 9.93. The first kappa shape index (κ1) is 8.32. The van der Waals surface area contributed by atoms with Crippen LogP contribution < -0.4 is 5.43 Å². The van der Waals surface area contributed by atoms with Gasteiger partial charge in [-0.1, -0.05) is 0 Å². The van der Waals surface area contributed by atoms with Crippen LogP contribution in [0, 0.1) is 11.3 Å². The molecule has 0 radical (unpaired) electrons. The van der Waals surface area contributed by atoms with E-state index in [1.165, 1.54) is 18.3 Å². The summed E-state index contributed by atoms with van der Waals surface area (Å²) >= 11 is 0. The van der Waals surface area contributed by atoms with Crippen LogP contribution in [0.5, 0.6) is 5.75 Å². The highest BCUT2D eigenvalue weighted by Gasteiger charge is 2.04. The molecular formula is C10H6N2O2. The number of rotatable bonds is 0. The van der Waals surface area contributed by atoms with Crippen LogP contribution >= 0.6 is 0 Å². The molecule has 0 aliphatic heterocycles. The van der Waals surface area contributed by atoms with Gasteiger partial charge in [0.2, 0.25) is 5.43 Å². The highest BCUT2D eigenvalue weighted by atomic mass is 16.3. The summed E-state index contributed by atoms with van der Waals surface area (Å²) in [5.74, 6) is 0.0121. The minimum Gasteiger partial charge on any atom is -0.508 e. The summed E-state index contributed by atoms with van der Waals surface area (Å²) in [6.07, 6.45) is 1.36. The number of H-pyrrole nitrogens is 1. The van der Waals surface area contributed by atoms with Crippen LogP contribution in [0.4, 0.5) is 0 Å². The van der Waals surface area contributed by atoms with E-state index in [0.29, 0.717) is 10.9 Å². The third-order valence-electron chi connectivity index (χ3n) is 1.98. The van der Waals surface area contributed by atoms with Gasteiger partial charge in [-0.05, 0) is 18.2 Å². The lowest BCUT2D eigenvalue weighted by molar-refractivity contribution is 0.476. The molecule has 2 N–H and O–H groups in total. The Morgan fingerprint density at radius 1 is 1.43 bits per heavy atom. The maximum absolute atomic E-state index is 11.6. The predicted octanol–water partition coefficient (Wildman–Crippen LogP) is 1.11. The Bertz CT molecular complexity index is 593. The summed E-state index contributed by atoms with van der Waals surface area (Å²) in [4.78, 5) is 14.4. The molecule has 0 fully saturated rings. The van der Waals surface area contributed by atoms with Gasteiger partial charge in [0.1, 0.15) is 17.4 Å². The number of nitrogens with zero attached hydrogens (tertiary/aromatic N) is 1. The molecule has 0 bridgehead atoms. The smallest absolute Gasteiger partial charge is 0.207 e. The lowest BCUT2D eigenvalue weighted by Gasteiger charge is -1.98. The number of nitrogens with one attached hydrogen (secondary N) is 1. The first-order chi connectivity index (χ1) is 6.72. The van der Waals surface area contributed by atoms with Crippen molar-refractivity contribution in [3.8, 4) is 11.8 Å². The maximum Gasteiger partial charge on any atom is 0.207 e. The van der Waals surface area contributed by atoms with Crippen molar-refractivity contribution in [2.45, 2.75) is 0 Å². The van der Waals surface area contributed by atoms with Crippen molar-refractivity contribution in [1.82, 2.24) is 4.98 Å². The zero-order valence-electron chi connectivity index (χ0n) is 7.11. The quantitative estimate of drug-likeness (QED) is 0.646. The van der Waals surface area contributed by atoms with Crippen molar-refractivity contribution < 1.29 is 5.11 Å². The molecule has 2 aromatic rings. The summed E-state index contributed by atoms with van der Waals surface area (Å²) in [5, 5.41) is 18.1. The minimum absolute atomic E-state index is 0.0121. The predicted molar refractivity (Wildman–Crippen MR) is 50.9 cm³/mol. The van der Waals surface area contributed by atoms with E-state index in [1.54, 1.807) is 12.1 Å². The number of pyridine rings is 1. The Morgan fingerprint density at radius 2 is 2.21 bits per heavy atom. The summed E-state index contributed by atoms with van der Waals surface area (Å²) in [5.41, 5.74) is 0.284. The lowest BCUT2D eigenvalue weighted by atomic mass is 10.1. The SMILES string of the molecule is N#Cc1c[nH]c2ccc(O)cc2c1=O. The molecule has 4 heteroatoms. The third-order valence-corrected chi connectivity index (χ3v) is 1.98. The van der Waals surface area contributed by atoms with Crippen LogP contribution in [-0.4, -0.2) is 10.1 Å². The first-order valence-corrected chi connectivity index (χ1v) is 3.97. The first-order valence-electron chi connectivity index (χ1n) is 3.97. The molecule has 2 rings (SSSR count). The van der Waals surface area contributed by atoms with Gasteiger partial charge in [-0.25, -0.2) is 0 Å². The van der Waals surface area contributed by atoms with Crippen molar-refractivity contribution in [2.24, 2.45) is 0 Å². The molecule has 0 aliphatic rings. The van der Waals surface area contributed by atoms with Gasteiger partial charge < -0.3 is 10.1 Å². The molecule has 0 saturated heterocycles. The second kappa shape index (κ2) is 2.89. The Kier molecular flexibility index (Phi) is 1.72. The zero-order chi connectivity index (χ0) is 10.1. The molecule has 14 heavy (non-hydrogen) atoms. The Labute approximate surface area is 79.0 Å². The van der Waals surface area contributed by atoms with E-state index in [4.69, 9.17) is 5.26 Å². The number of nitriles is 1. The number of benzene rings is 1. The van der Waals surface area contributed by atoms with E-state index in [-0.39, 0.29) is 16.7 Å². The number of fused-ring (bicyclic) bond motifs is 1. The Morgan fingerprint density at radius 3 is 2.93 bits per heavy atom. The number of phenols is 1. The molecular weight excluding hydrogens is 180 g/mol. The van der Waals surface area contributed by atoms with Gasteiger partial charge in [0.05, 0.1) is 5.39 Å². The van der Waals surface area contributed by atoms with Crippen LogP contribution in [0.1, 0.15) is 5.56 Å². The molecule has 68 valence electrons. The highest BCUT2D eigenvalue weighted by molar-refractivity contribution is 5.80. The fourth-order valence-electron chi connectivity index (χ4n) is 1.29. The monoisotopic (exact) mass is 186 g/mol. The highest BCUT2D eigenvalue weighted by Crippen LogP contribution is 2.14. The summed E-state index contributed by atoms with van der Waals surface area (Å²) in [6.45, 7) is 0. The zero-order valence-corrected chi connectivity index (χ0v) is 7.11. The van der Waals surface area contributed by atoms with Gasteiger partial charge >= 0.3 is 0 Å². The minimum atomic E-state index is -0.364.